The SMILES string of the molecule is Cn1cc(C#N)cc1-c1nc(-c2cn[nH]n2)no1. The van der Waals surface area contributed by atoms with E-state index in [1.807, 2.05) is 0 Å². The Kier molecular flexibility index (Phi) is 2.16. The molecule has 18 heavy (non-hydrogen) atoms. The molecule has 3 rings (SSSR count). The van der Waals surface area contributed by atoms with Crippen LogP contribution in [0.5, 0.6) is 0 Å². The second kappa shape index (κ2) is 3.81. The third kappa shape index (κ3) is 1.54. The number of nitriles is 1. The van der Waals surface area contributed by atoms with Gasteiger partial charge in [-0.25, -0.2) is 0 Å². The Morgan fingerprint density at radius 2 is 2.39 bits per heavy atom. The molecule has 3 heterocycles. The first-order chi connectivity index (χ1) is 8.78. The van der Waals surface area contributed by atoms with Crippen molar-refractivity contribution in [2.75, 3.05) is 0 Å². The zero-order valence-corrected chi connectivity index (χ0v) is 9.32. The summed E-state index contributed by atoms with van der Waals surface area (Å²) in [4.78, 5) is 4.20. The molecule has 0 unspecified atom stereocenters. The van der Waals surface area contributed by atoms with Gasteiger partial charge in [-0.3, -0.25) is 0 Å². The van der Waals surface area contributed by atoms with Gasteiger partial charge in [-0.2, -0.15) is 25.7 Å². The summed E-state index contributed by atoms with van der Waals surface area (Å²) in [6, 6.07) is 3.73. The Labute approximate surface area is 101 Å². The summed E-state index contributed by atoms with van der Waals surface area (Å²) in [6.07, 6.45) is 3.19. The summed E-state index contributed by atoms with van der Waals surface area (Å²) in [7, 11) is 1.80. The third-order valence-corrected chi connectivity index (χ3v) is 2.42. The van der Waals surface area contributed by atoms with Gasteiger partial charge >= 0.3 is 0 Å². The fraction of sp³-hybridized carbons (Fsp3) is 0.100. The number of hydrogen-bond donors (Lipinski definition) is 1. The molecule has 0 saturated carbocycles. The predicted octanol–water partition coefficient (Wildman–Crippen LogP) is 0.732. The van der Waals surface area contributed by atoms with E-state index in [0.717, 1.165) is 0 Å². The number of hydrogen-bond acceptors (Lipinski definition) is 6. The van der Waals surface area contributed by atoms with Crippen molar-refractivity contribution in [1.82, 2.24) is 30.1 Å². The Bertz CT molecular complexity index is 716. The van der Waals surface area contributed by atoms with Crippen LogP contribution in [-0.2, 0) is 7.05 Å². The van der Waals surface area contributed by atoms with Crippen molar-refractivity contribution < 1.29 is 4.52 Å². The van der Waals surface area contributed by atoms with Gasteiger partial charge in [-0.05, 0) is 6.07 Å². The van der Waals surface area contributed by atoms with E-state index in [0.29, 0.717) is 28.7 Å². The van der Waals surface area contributed by atoms with E-state index < -0.39 is 0 Å². The minimum absolute atomic E-state index is 0.331. The van der Waals surface area contributed by atoms with Gasteiger partial charge in [-0.15, -0.1) is 0 Å². The zero-order chi connectivity index (χ0) is 12.5. The maximum absolute atomic E-state index is 8.83. The largest absolute Gasteiger partial charge is 0.345 e. The fourth-order valence-electron chi connectivity index (χ4n) is 1.58. The first-order valence-corrected chi connectivity index (χ1v) is 5.04. The molecule has 0 amide bonds. The standard InChI is InChI=1S/C10H7N7O/c1-17-5-6(3-11)2-8(17)10-13-9(15-18-10)7-4-12-16-14-7/h2,4-5H,1H3,(H,12,14,16). The van der Waals surface area contributed by atoms with Gasteiger partial charge < -0.3 is 9.09 Å². The van der Waals surface area contributed by atoms with Crippen molar-refractivity contribution in [3.05, 3.63) is 24.0 Å². The van der Waals surface area contributed by atoms with Crippen LogP contribution in [0, 0.1) is 11.3 Å². The molecule has 0 bridgehead atoms. The summed E-state index contributed by atoms with van der Waals surface area (Å²) in [5, 5.41) is 22.6. The first kappa shape index (κ1) is 10.2. The number of nitrogens with one attached hydrogen (secondary N) is 1. The molecule has 0 aliphatic carbocycles. The molecule has 0 aliphatic heterocycles. The molecular weight excluding hydrogens is 234 g/mol. The number of aromatic nitrogens is 6. The Morgan fingerprint density at radius 3 is 3.06 bits per heavy atom. The summed E-state index contributed by atoms with van der Waals surface area (Å²) < 4.78 is 6.89. The van der Waals surface area contributed by atoms with E-state index in [2.05, 4.69) is 31.6 Å². The van der Waals surface area contributed by atoms with Crippen LogP contribution in [0.2, 0.25) is 0 Å². The van der Waals surface area contributed by atoms with Gasteiger partial charge in [0.15, 0.2) is 5.69 Å². The minimum Gasteiger partial charge on any atom is -0.345 e. The van der Waals surface area contributed by atoms with Crippen LogP contribution >= 0.6 is 0 Å². The molecule has 3 aromatic heterocycles. The maximum Gasteiger partial charge on any atom is 0.274 e. The number of nitrogens with zero attached hydrogens (tertiary/aromatic N) is 6. The smallest absolute Gasteiger partial charge is 0.274 e. The Balaban J connectivity index is 2.03. The van der Waals surface area contributed by atoms with Gasteiger partial charge in [0.1, 0.15) is 11.8 Å². The van der Waals surface area contributed by atoms with Gasteiger partial charge in [0.2, 0.25) is 5.82 Å². The molecule has 0 aliphatic rings. The molecule has 0 atom stereocenters. The second-order valence-corrected chi connectivity index (χ2v) is 3.62. The zero-order valence-electron chi connectivity index (χ0n) is 9.32. The fourth-order valence-corrected chi connectivity index (χ4v) is 1.58. The van der Waals surface area contributed by atoms with E-state index in [-0.39, 0.29) is 0 Å². The van der Waals surface area contributed by atoms with E-state index in [9.17, 15) is 0 Å². The van der Waals surface area contributed by atoms with E-state index in [1.165, 1.54) is 6.20 Å². The molecule has 1 N–H and O–H groups in total. The Morgan fingerprint density at radius 1 is 1.50 bits per heavy atom. The van der Waals surface area contributed by atoms with Crippen molar-refractivity contribution in [2.24, 2.45) is 7.05 Å². The molecule has 0 spiro atoms. The van der Waals surface area contributed by atoms with Gasteiger partial charge in [-0.1, -0.05) is 5.16 Å². The highest BCUT2D eigenvalue weighted by atomic mass is 16.5. The van der Waals surface area contributed by atoms with Gasteiger partial charge in [0.05, 0.1) is 11.8 Å². The van der Waals surface area contributed by atoms with Crippen LogP contribution < -0.4 is 0 Å². The van der Waals surface area contributed by atoms with Crippen LogP contribution in [-0.4, -0.2) is 30.1 Å². The molecule has 0 radical (unpaired) electrons. The highest BCUT2D eigenvalue weighted by Crippen LogP contribution is 2.22. The van der Waals surface area contributed by atoms with Gasteiger partial charge in [0.25, 0.3) is 5.89 Å². The van der Waals surface area contributed by atoms with Gasteiger partial charge in [0, 0.05) is 13.2 Å². The summed E-state index contributed by atoms with van der Waals surface area (Å²) in [5.41, 5.74) is 1.71. The van der Waals surface area contributed by atoms with E-state index in [1.54, 1.807) is 23.9 Å². The molecular formula is C10H7N7O. The van der Waals surface area contributed by atoms with Crippen LogP contribution in [0.4, 0.5) is 0 Å². The predicted molar refractivity (Wildman–Crippen MR) is 58.8 cm³/mol. The van der Waals surface area contributed by atoms with Crippen molar-refractivity contribution >= 4 is 0 Å². The lowest BCUT2D eigenvalue weighted by Crippen LogP contribution is -1.89. The minimum atomic E-state index is 0.331. The summed E-state index contributed by atoms with van der Waals surface area (Å²) in [6.45, 7) is 0. The van der Waals surface area contributed by atoms with Crippen molar-refractivity contribution in [3.8, 4) is 29.2 Å². The lowest BCUT2D eigenvalue weighted by molar-refractivity contribution is 0.429. The van der Waals surface area contributed by atoms with E-state index >= 15 is 0 Å². The lowest BCUT2D eigenvalue weighted by atomic mass is 10.3. The van der Waals surface area contributed by atoms with Crippen molar-refractivity contribution in [2.45, 2.75) is 0 Å². The number of H-pyrrole nitrogens is 1. The molecule has 3 aromatic rings. The van der Waals surface area contributed by atoms with Crippen LogP contribution in [0.25, 0.3) is 23.1 Å². The molecule has 0 fully saturated rings. The first-order valence-electron chi connectivity index (χ1n) is 5.04. The molecule has 8 nitrogen and oxygen atoms in total. The normalized spacial score (nSPS) is 10.4. The van der Waals surface area contributed by atoms with Crippen LogP contribution in [0.15, 0.2) is 23.0 Å². The summed E-state index contributed by atoms with van der Waals surface area (Å²) in [5.74, 6) is 0.676. The number of aryl methyl sites for hydroxylation is 1. The molecule has 88 valence electrons. The topological polar surface area (TPSA) is 109 Å². The van der Waals surface area contributed by atoms with Crippen molar-refractivity contribution in [1.29, 1.82) is 5.26 Å². The molecule has 0 aromatic carbocycles. The molecule has 0 saturated heterocycles. The monoisotopic (exact) mass is 241 g/mol. The number of rotatable bonds is 2. The average molecular weight is 241 g/mol. The third-order valence-electron chi connectivity index (χ3n) is 2.42. The quantitative estimate of drug-likeness (QED) is 0.708. The Hall–Kier alpha value is -2.95. The van der Waals surface area contributed by atoms with Crippen LogP contribution in [0.1, 0.15) is 5.56 Å². The highest BCUT2D eigenvalue weighted by Gasteiger charge is 2.15. The van der Waals surface area contributed by atoms with Crippen LogP contribution in [0.3, 0.4) is 0 Å². The number of aromatic amines is 1. The lowest BCUT2D eigenvalue weighted by Gasteiger charge is -1.94. The van der Waals surface area contributed by atoms with E-state index in [4.69, 9.17) is 9.78 Å². The second-order valence-electron chi connectivity index (χ2n) is 3.62. The maximum atomic E-state index is 8.83. The summed E-state index contributed by atoms with van der Waals surface area (Å²) >= 11 is 0. The van der Waals surface area contributed by atoms with Crippen molar-refractivity contribution in [3.63, 3.8) is 0 Å². The molecule has 8 heteroatoms. The highest BCUT2D eigenvalue weighted by molar-refractivity contribution is 5.56. The average Bonchev–Trinajstić information content (AvgIpc) is 3.08.